The number of hydrogen-bond donors (Lipinski definition) is 1. The van der Waals surface area contributed by atoms with Crippen LogP contribution in [-0.2, 0) is 14.6 Å². The molecule has 3 heterocycles. The van der Waals surface area contributed by atoms with Crippen LogP contribution in [0.1, 0.15) is 25.7 Å². The van der Waals surface area contributed by atoms with Gasteiger partial charge in [0.2, 0.25) is 5.91 Å². The van der Waals surface area contributed by atoms with E-state index in [1.165, 1.54) is 6.07 Å². The van der Waals surface area contributed by atoms with Crippen LogP contribution in [0.2, 0.25) is 0 Å². The van der Waals surface area contributed by atoms with E-state index in [-0.39, 0.29) is 29.4 Å². The molecule has 162 valence electrons. The fourth-order valence-electron chi connectivity index (χ4n) is 3.82. The molecule has 31 heavy (non-hydrogen) atoms. The Bertz CT molecular complexity index is 1250. The Morgan fingerprint density at radius 2 is 1.90 bits per heavy atom. The van der Waals surface area contributed by atoms with Gasteiger partial charge < -0.3 is 10.1 Å². The summed E-state index contributed by atoms with van der Waals surface area (Å²) in [5.74, 6) is 0.594. The number of anilines is 1. The number of rotatable bonds is 5. The van der Waals surface area contributed by atoms with Crippen molar-refractivity contribution < 1.29 is 22.3 Å². The molecule has 0 radical (unpaired) electrons. The maximum atomic E-state index is 15.0. The predicted molar refractivity (Wildman–Crippen MR) is 114 cm³/mol. The highest BCUT2D eigenvalue weighted by atomic mass is 32.2. The van der Waals surface area contributed by atoms with Gasteiger partial charge in [0.25, 0.3) is 0 Å². The van der Waals surface area contributed by atoms with Crippen molar-refractivity contribution in [1.29, 1.82) is 0 Å². The van der Waals surface area contributed by atoms with Gasteiger partial charge in [-0.2, -0.15) is 0 Å². The number of hydrogen-bond acceptors (Lipinski definition) is 5. The fourth-order valence-corrected chi connectivity index (χ4v) is 5.27. The Hall–Kier alpha value is -2.94. The average Bonchev–Trinajstić information content (AvgIpc) is 3.50. The number of imidazole rings is 1. The molecule has 1 N–H and O–H groups in total. The van der Waals surface area contributed by atoms with Crippen LogP contribution in [0.25, 0.3) is 16.9 Å². The van der Waals surface area contributed by atoms with Crippen molar-refractivity contribution in [3.8, 4) is 17.0 Å². The van der Waals surface area contributed by atoms with Crippen LogP contribution in [-0.4, -0.2) is 41.3 Å². The number of ether oxygens (including phenoxy) is 1. The number of pyridine rings is 1. The maximum absolute atomic E-state index is 15.0. The summed E-state index contributed by atoms with van der Waals surface area (Å²) in [7, 11) is -2.98. The fraction of sp³-hybridized carbons (Fsp3) is 0.364. The molecule has 1 aromatic carbocycles. The minimum absolute atomic E-state index is 0.0341. The molecule has 0 spiro atoms. The molecule has 2 aliphatic rings. The third-order valence-electron chi connectivity index (χ3n) is 5.71. The van der Waals surface area contributed by atoms with Gasteiger partial charge in [-0.3, -0.25) is 9.20 Å². The summed E-state index contributed by atoms with van der Waals surface area (Å²) < 4.78 is 45.7. The van der Waals surface area contributed by atoms with E-state index in [1.807, 2.05) is 0 Å². The lowest BCUT2D eigenvalue weighted by molar-refractivity contribution is -0.117. The zero-order valence-electron chi connectivity index (χ0n) is 16.8. The zero-order valence-corrected chi connectivity index (χ0v) is 17.6. The van der Waals surface area contributed by atoms with Gasteiger partial charge in [0.1, 0.15) is 23.3 Å². The van der Waals surface area contributed by atoms with Gasteiger partial charge in [-0.1, -0.05) is 6.07 Å². The van der Waals surface area contributed by atoms with E-state index in [4.69, 9.17) is 4.74 Å². The number of aromatic nitrogens is 2. The first-order chi connectivity index (χ1) is 14.9. The van der Waals surface area contributed by atoms with Crippen molar-refractivity contribution in [1.82, 2.24) is 9.38 Å². The number of halogens is 1. The van der Waals surface area contributed by atoms with E-state index in [0.29, 0.717) is 41.3 Å². The standard InChI is InChI=1S/C22H22FN3O4S/c23-18-12-16(30-15-8-10-31(28,29)11-9-15)6-7-17(18)19-2-1-3-21-24-20(13-26(19)21)25-22(27)14-4-5-14/h1-3,6-7,12-15H,4-5,8-11H2,(H,25,27). The van der Waals surface area contributed by atoms with Gasteiger partial charge >= 0.3 is 0 Å². The Balaban J connectivity index is 1.38. The quantitative estimate of drug-likeness (QED) is 0.652. The van der Waals surface area contributed by atoms with Gasteiger partial charge in [0.15, 0.2) is 15.7 Å². The number of nitrogens with one attached hydrogen (secondary N) is 1. The smallest absolute Gasteiger partial charge is 0.228 e. The van der Waals surface area contributed by atoms with E-state index in [9.17, 15) is 17.6 Å². The van der Waals surface area contributed by atoms with Crippen LogP contribution >= 0.6 is 0 Å². The monoisotopic (exact) mass is 443 g/mol. The third kappa shape index (κ3) is 4.27. The number of sulfone groups is 1. The summed E-state index contributed by atoms with van der Waals surface area (Å²) in [5.41, 5.74) is 1.58. The van der Waals surface area contributed by atoms with Crippen LogP contribution < -0.4 is 10.1 Å². The van der Waals surface area contributed by atoms with Crippen LogP contribution in [0.15, 0.2) is 42.6 Å². The largest absolute Gasteiger partial charge is 0.490 e. The molecule has 1 aliphatic carbocycles. The Morgan fingerprint density at radius 1 is 1.13 bits per heavy atom. The van der Waals surface area contributed by atoms with Crippen LogP contribution in [0.4, 0.5) is 10.2 Å². The Kier molecular flexibility index (Phi) is 4.92. The highest BCUT2D eigenvalue weighted by Gasteiger charge is 2.30. The van der Waals surface area contributed by atoms with E-state index in [0.717, 1.165) is 12.8 Å². The molecule has 0 unspecified atom stereocenters. The molecular weight excluding hydrogens is 421 g/mol. The molecule has 1 aliphatic heterocycles. The molecule has 0 atom stereocenters. The number of amides is 1. The van der Waals surface area contributed by atoms with E-state index in [2.05, 4.69) is 10.3 Å². The first-order valence-electron chi connectivity index (χ1n) is 10.3. The normalized spacial score (nSPS) is 18.7. The summed E-state index contributed by atoms with van der Waals surface area (Å²) in [6.07, 6.45) is 4.09. The lowest BCUT2D eigenvalue weighted by Crippen LogP contribution is -2.30. The van der Waals surface area contributed by atoms with Crippen molar-refractivity contribution in [2.75, 3.05) is 16.8 Å². The second-order valence-electron chi connectivity index (χ2n) is 8.14. The predicted octanol–water partition coefficient (Wildman–Crippen LogP) is 3.44. The Labute approximate surface area is 179 Å². The van der Waals surface area contributed by atoms with Crippen molar-refractivity contribution >= 4 is 27.2 Å². The summed E-state index contributed by atoms with van der Waals surface area (Å²) in [6.45, 7) is 0. The van der Waals surface area contributed by atoms with E-state index in [1.54, 1.807) is 40.9 Å². The van der Waals surface area contributed by atoms with Gasteiger partial charge in [0.05, 0.1) is 23.4 Å². The average molecular weight is 444 g/mol. The van der Waals surface area contributed by atoms with Gasteiger partial charge in [-0.25, -0.2) is 17.8 Å². The minimum Gasteiger partial charge on any atom is -0.490 e. The van der Waals surface area contributed by atoms with E-state index >= 15 is 0 Å². The number of benzene rings is 1. The highest BCUT2D eigenvalue weighted by Crippen LogP contribution is 2.31. The number of carbonyl (C=O) groups excluding carboxylic acids is 1. The SMILES string of the molecule is O=C(Nc1cn2c(-c3ccc(OC4CCS(=O)(=O)CC4)cc3F)cccc2n1)C1CC1. The summed E-state index contributed by atoms with van der Waals surface area (Å²) in [5, 5.41) is 2.82. The lowest BCUT2D eigenvalue weighted by Gasteiger charge is -2.23. The molecule has 9 heteroatoms. The van der Waals surface area contributed by atoms with E-state index < -0.39 is 15.7 Å². The molecule has 1 saturated heterocycles. The summed E-state index contributed by atoms with van der Waals surface area (Å²) in [6, 6.07) is 10.0. The van der Waals surface area contributed by atoms with Gasteiger partial charge in [-0.05, 0) is 49.9 Å². The third-order valence-corrected chi connectivity index (χ3v) is 7.43. The first kappa shape index (κ1) is 20.0. The molecule has 5 rings (SSSR count). The highest BCUT2D eigenvalue weighted by molar-refractivity contribution is 7.91. The van der Waals surface area contributed by atoms with Crippen LogP contribution in [0.3, 0.4) is 0 Å². The molecule has 2 fully saturated rings. The number of carbonyl (C=O) groups is 1. The molecule has 3 aromatic rings. The maximum Gasteiger partial charge on any atom is 0.228 e. The second-order valence-corrected chi connectivity index (χ2v) is 10.4. The van der Waals surface area contributed by atoms with Gasteiger partial charge in [0, 0.05) is 17.5 Å². The van der Waals surface area contributed by atoms with Crippen molar-refractivity contribution in [2.45, 2.75) is 31.8 Å². The molecule has 1 amide bonds. The van der Waals surface area contributed by atoms with Crippen molar-refractivity contribution in [2.24, 2.45) is 5.92 Å². The second kappa shape index (κ2) is 7.64. The van der Waals surface area contributed by atoms with Gasteiger partial charge in [-0.15, -0.1) is 0 Å². The zero-order chi connectivity index (χ0) is 21.6. The van der Waals surface area contributed by atoms with Crippen molar-refractivity contribution in [3.05, 3.63) is 48.4 Å². The molecule has 2 aromatic heterocycles. The van der Waals surface area contributed by atoms with Crippen molar-refractivity contribution in [3.63, 3.8) is 0 Å². The van der Waals surface area contributed by atoms with Crippen LogP contribution in [0, 0.1) is 11.7 Å². The summed E-state index contributed by atoms with van der Waals surface area (Å²) in [4.78, 5) is 16.4. The number of fused-ring (bicyclic) bond motifs is 1. The minimum atomic E-state index is -2.98. The topological polar surface area (TPSA) is 89.8 Å². The molecule has 0 bridgehead atoms. The summed E-state index contributed by atoms with van der Waals surface area (Å²) >= 11 is 0. The van der Waals surface area contributed by atoms with Crippen LogP contribution in [0.5, 0.6) is 5.75 Å². The molecule has 1 saturated carbocycles. The molecule has 7 nitrogen and oxygen atoms in total. The first-order valence-corrected chi connectivity index (χ1v) is 12.2. The number of nitrogens with zero attached hydrogens (tertiary/aromatic N) is 2. The lowest BCUT2D eigenvalue weighted by atomic mass is 10.1. The Morgan fingerprint density at radius 3 is 2.61 bits per heavy atom. The molecular formula is C22H22FN3O4S.